The molecule has 0 bridgehead atoms. The molecule has 0 radical (unpaired) electrons. The van der Waals surface area contributed by atoms with Gasteiger partial charge >= 0.3 is 0 Å². The Balaban J connectivity index is 1.78. The summed E-state index contributed by atoms with van der Waals surface area (Å²) < 4.78 is 5.89. The molecule has 24 heavy (non-hydrogen) atoms. The highest BCUT2D eigenvalue weighted by Gasteiger charge is 2.38. The molecule has 0 spiro atoms. The highest BCUT2D eigenvalue weighted by Crippen LogP contribution is 2.24. The van der Waals surface area contributed by atoms with Gasteiger partial charge in [0, 0.05) is 19.2 Å². The lowest BCUT2D eigenvalue weighted by atomic mass is 9.92. The lowest BCUT2D eigenvalue weighted by molar-refractivity contribution is -0.123. The molecule has 0 aliphatic carbocycles. The zero-order valence-corrected chi connectivity index (χ0v) is 13.7. The first-order valence-corrected chi connectivity index (χ1v) is 7.99. The number of carbonyl (C=O) groups is 1. The van der Waals surface area contributed by atoms with E-state index in [-0.39, 0.29) is 12.5 Å². The summed E-state index contributed by atoms with van der Waals surface area (Å²) in [4.78, 5) is 14.3. The molecule has 6 heteroatoms. The van der Waals surface area contributed by atoms with Crippen LogP contribution in [0, 0.1) is 6.92 Å². The van der Waals surface area contributed by atoms with Gasteiger partial charge in [-0.25, -0.2) is 0 Å². The Kier molecular flexibility index (Phi) is 4.87. The minimum Gasteiger partial charge on any atom is -0.393 e. The van der Waals surface area contributed by atoms with Gasteiger partial charge in [-0.05, 0) is 24.6 Å². The van der Waals surface area contributed by atoms with Crippen molar-refractivity contribution in [1.82, 2.24) is 15.1 Å². The van der Waals surface area contributed by atoms with Crippen LogP contribution in [0.5, 0.6) is 0 Å². The van der Waals surface area contributed by atoms with E-state index in [0.29, 0.717) is 31.8 Å². The number of carbonyl (C=O) groups excluding carboxylic acids is 1. The van der Waals surface area contributed by atoms with Crippen molar-refractivity contribution in [2.45, 2.75) is 18.9 Å². The van der Waals surface area contributed by atoms with Gasteiger partial charge in [0.05, 0.1) is 19.8 Å². The minimum atomic E-state index is -0.788. The molecule has 1 unspecified atom stereocenters. The standard InChI is InChI=1S/C18H21N3O3/c1-14-4-2-5-15(10-14)11-18(13-22)12-21(8-9-24-18)17(23)16-6-3-7-19-20-16/h2-7,10,22H,8-9,11-13H2,1H3. The summed E-state index contributed by atoms with van der Waals surface area (Å²) >= 11 is 0. The monoisotopic (exact) mass is 327 g/mol. The number of hydrogen-bond acceptors (Lipinski definition) is 5. The molecule has 1 fully saturated rings. The third-order valence-corrected chi connectivity index (χ3v) is 4.22. The molecule has 1 aliphatic heterocycles. The van der Waals surface area contributed by atoms with Crippen LogP contribution in [-0.4, -0.2) is 58.0 Å². The molecule has 3 rings (SSSR count). The Labute approximate surface area is 141 Å². The fourth-order valence-corrected chi connectivity index (χ4v) is 3.05. The van der Waals surface area contributed by atoms with Crippen LogP contribution in [0.3, 0.4) is 0 Å². The number of ether oxygens (including phenoxy) is 1. The molecule has 126 valence electrons. The normalized spacial score (nSPS) is 20.8. The van der Waals surface area contributed by atoms with Gasteiger partial charge in [-0.1, -0.05) is 29.8 Å². The number of aryl methyl sites for hydroxylation is 1. The average Bonchev–Trinajstić information content (AvgIpc) is 2.62. The van der Waals surface area contributed by atoms with E-state index in [2.05, 4.69) is 16.3 Å². The zero-order chi connectivity index (χ0) is 17.0. The van der Waals surface area contributed by atoms with Crippen LogP contribution in [0.25, 0.3) is 0 Å². The van der Waals surface area contributed by atoms with Crippen LogP contribution < -0.4 is 0 Å². The molecule has 6 nitrogen and oxygen atoms in total. The van der Waals surface area contributed by atoms with E-state index in [0.717, 1.165) is 11.1 Å². The molecular weight excluding hydrogens is 306 g/mol. The average molecular weight is 327 g/mol. The van der Waals surface area contributed by atoms with E-state index in [1.54, 1.807) is 17.0 Å². The summed E-state index contributed by atoms with van der Waals surface area (Å²) in [5.41, 5.74) is 1.76. The second kappa shape index (κ2) is 7.07. The third-order valence-electron chi connectivity index (χ3n) is 4.22. The Morgan fingerprint density at radius 2 is 2.25 bits per heavy atom. The number of nitrogens with zero attached hydrogens (tertiary/aromatic N) is 3. The predicted octanol–water partition coefficient (Wildman–Crippen LogP) is 1.23. The van der Waals surface area contributed by atoms with Gasteiger partial charge in [0.15, 0.2) is 5.69 Å². The molecular formula is C18H21N3O3. The first-order chi connectivity index (χ1) is 11.6. The van der Waals surface area contributed by atoms with Gasteiger partial charge in [-0.2, -0.15) is 5.10 Å². The minimum absolute atomic E-state index is 0.148. The fourth-order valence-electron chi connectivity index (χ4n) is 3.05. The van der Waals surface area contributed by atoms with Crippen molar-refractivity contribution in [3.05, 3.63) is 59.4 Å². The van der Waals surface area contributed by atoms with Crippen molar-refractivity contribution in [2.75, 3.05) is 26.3 Å². The lowest BCUT2D eigenvalue weighted by Gasteiger charge is -2.41. The summed E-state index contributed by atoms with van der Waals surface area (Å²) in [6.07, 6.45) is 2.08. The van der Waals surface area contributed by atoms with E-state index in [4.69, 9.17) is 4.74 Å². The predicted molar refractivity (Wildman–Crippen MR) is 88.6 cm³/mol. The zero-order valence-electron chi connectivity index (χ0n) is 13.7. The van der Waals surface area contributed by atoms with E-state index in [9.17, 15) is 9.90 Å². The molecule has 1 N–H and O–H groups in total. The fraction of sp³-hybridized carbons (Fsp3) is 0.389. The number of rotatable bonds is 4. The van der Waals surface area contributed by atoms with Crippen LogP contribution >= 0.6 is 0 Å². The number of benzene rings is 1. The van der Waals surface area contributed by atoms with Crippen LogP contribution in [0.15, 0.2) is 42.6 Å². The second-order valence-electron chi connectivity index (χ2n) is 6.19. The van der Waals surface area contributed by atoms with E-state index < -0.39 is 5.60 Å². The first kappa shape index (κ1) is 16.5. The highest BCUT2D eigenvalue weighted by atomic mass is 16.5. The van der Waals surface area contributed by atoms with Crippen molar-refractivity contribution in [3.63, 3.8) is 0 Å². The maximum atomic E-state index is 12.6. The number of amides is 1. The molecule has 1 saturated heterocycles. The molecule has 1 amide bonds. The lowest BCUT2D eigenvalue weighted by Crippen LogP contribution is -2.57. The van der Waals surface area contributed by atoms with E-state index in [1.807, 2.05) is 25.1 Å². The Hall–Kier alpha value is -2.31. The summed E-state index contributed by atoms with van der Waals surface area (Å²) in [6.45, 7) is 3.07. The van der Waals surface area contributed by atoms with Gasteiger partial charge in [-0.15, -0.1) is 5.10 Å². The van der Waals surface area contributed by atoms with Gasteiger partial charge in [0.25, 0.3) is 5.91 Å². The van der Waals surface area contributed by atoms with Crippen molar-refractivity contribution >= 4 is 5.91 Å². The largest absolute Gasteiger partial charge is 0.393 e. The Morgan fingerprint density at radius 1 is 1.38 bits per heavy atom. The molecule has 2 heterocycles. The quantitative estimate of drug-likeness (QED) is 0.914. The molecule has 1 aromatic heterocycles. The number of aliphatic hydroxyl groups is 1. The Morgan fingerprint density at radius 3 is 2.96 bits per heavy atom. The highest BCUT2D eigenvalue weighted by molar-refractivity contribution is 5.92. The van der Waals surface area contributed by atoms with Crippen LogP contribution in [0.1, 0.15) is 21.6 Å². The number of hydrogen-bond donors (Lipinski definition) is 1. The van der Waals surface area contributed by atoms with Gasteiger partial charge in [0.2, 0.25) is 0 Å². The topological polar surface area (TPSA) is 75.5 Å². The molecule has 2 aromatic rings. The van der Waals surface area contributed by atoms with Gasteiger partial charge < -0.3 is 14.7 Å². The maximum absolute atomic E-state index is 12.6. The Bertz CT molecular complexity index is 708. The van der Waals surface area contributed by atoms with Crippen molar-refractivity contribution in [2.24, 2.45) is 0 Å². The first-order valence-electron chi connectivity index (χ1n) is 7.99. The number of aromatic nitrogens is 2. The van der Waals surface area contributed by atoms with Crippen molar-refractivity contribution in [1.29, 1.82) is 0 Å². The van der Waals surface area contributed by atoms with Crippen molar-refractivity contribution in [3.8, 4) is 0 Å². The van der Waals surface area contributed by atoms with Gasteiger partial charge in [-0.3, -0.25) is 4.79 Å². The number of aliphatic hydroxyl groups excluding tert-OH is 1. The summed E-state index contributed by atoms with van der Waals surface area (Å²) in [5, 5.41) is 17.6. The van der Waals surface area contributed by atoms with Crippen molar-refractivity contribution < 1.29 is 14.6 Å². The molecule has 0 saturated carbocycles. The van der Waals surface area contributed by atoms with Crippen LogP contribution in [0.4, 0.5) is 0 Å². The van der Waals surface area contributed by atoms with Crippen LogP contribution in [-0.2, 0) is 11.2 Å². The van der Waals surface area contributed by atoms with Gasteiger partial charge in [0.1, 0.15) is 5.60 Å². The molecule has 1 aliphatic rings. The maximum Gasteiger partial charge on any atom is 0.274 e. The van der Waals surface area contributed by atoms with E-state index >= 15 is 0 Å². The number of morpholine rings is 1. The molecule has 1 atom stereocenters. The summed E-state index contributed by atoms with van der Waals surface area (Å²) in [7, 11) is 0. The summed E-state index contributed by atoms with van der Waals surface area (Å²) in [6, 6.07) is 11.4. The second-order valence-corrected chi connectivity index (χ2v) is 6.19. The third kappa shape index (κ3) is 3.60. The van der Waals surface area contributed by atoms with E-state index in [1.165, 1.54) is 6.20 Å². The summed E-state index contributed by atoms with van der Waals surface area (Å²) in [5.74, 6) is -0.187. The SMILES string of the molecule is Cc1cccc(CC2(CO)CN(C(=O)c3cccnn3)CCO2)c1. The molecule has 1 aromatic carbocycles. The smallest absolute Gasteiger partial charge is 0.274 e. The van der Waals surface area contributed by atoms with Crippen LogP contribution in [0.2, 0.25) is 0 Å².